The monoisotopic (exact) mass is 323 g/mol. The van der Waals surface area contributed by atoms with Gasteiger partial charge in [-0.05, 0) is 38.2 Å². The minimum atomic E-state index is -0.493. The van der Waals surface area contributed by atoms with Gasteiger partial charge in [0, 0.05) is 10.3 Å². The van der Waals surface area contributed by atoms with E-state index in [1.165, 1.54) is 11.3 Å². The lowest BCUT2D eigenvalue weighted by atomic mass is 9.95. The van der Waals surface area contributed by atoms with Crippen LogP contribution in [0.5, 0.6) is 0 Å². The first-order valence-corrected chi connectivity index (χ1v) is 8.79. The van der Waals surface area contributed by atoms with Gasteiger partial charge in [0.15, 0.2) is 0 Å². The van der Waals surface area contributed by atoms with Crippen LogP contribution in [0.15, 0.2) is 0 Å². The van der Waals surface area contributed by atoms with E-state index in [4.69, 9.17) is 4.74 Å². The fourth-order valence-electron chi connectivity index (χ4n) is 2.54. The van der Waals surface area contributed by atoms with E-state index in [1.54, 1.807) is 18.3 Å². The predicted octanol–water partition coefficient (Wildman–Crippen LogP) is 4.18. The molecule has 0 aromatic carbocycles. The summed E-state index contributed by atoms with van der Waals surface area (Å²) in [6.07, 6.45) is 5.29. The quantitative estimate of drug-likeness (QED) is 0.670. The van der Waals surface area contributed by atoms with Crippen LogP contribution in [-0.4, -0.2) is 18.5 Å². The second-order valence-electron chi connectivity index (χ2n) is 6.69. The Hall–Kier alpha value is -1.36. The molecule has 0 spiro atoms. The van der Waals surface area contributed by atoms with Crippen molar-refractivity contribution < 1.29 is 14.3 Å². The van der Waals surface area contributed by atoms with Crippen molar-refractivity contribution >= 4 is 28.2 Å². The lowest BCUT2D eigenvalue weighted by molar-refractivity contribution is -0.123. The number of aryl methyl sites for hydroxylation is 1. The summed E-state index contributed by atoms with van der Waals surface area (Å²) in [5.41, 5.74) is 1.18. The average molecular weight is 323 g/mol. The summed E-state index contributed by atoms with van der Waals surface area (Å²) in [5.74, 6) is -0.388. The van der Waals surface area contributed by atoms with E-state index < -0.39 is 5.41 Å². The molecule has 1 aromatic heterocycles. The van der Waals surface area contributed by atoms with Crippen molar-refractivity contribution in [3.05, 3.63) is 16.0 Å². The third-order valence-electron chi connectivity index (χ3n) is 3.81. The number of anilines is 1. The molecule has 5 heteroatoms. The van der Waals surface area contributed by atoms with Crippen LogP contribution in [0.2, 0.25) is 0 Å². The summed E-state index contributed by atoms with van der Waals surface area (Å²) in [6, 6.07) is 0. The molecule has 0 radical (unpaired) electrons. The summed E-state index contributed by atoms with van der Waals surface area (Å²) in [7, 11) is 0. The van der Waals surface area contributed by atoms with Crippen molar-refractivity contribution in [3.8, 4) is 0 Å². The van der Waals surface area contributed by atoms with Crippen molar-refractivity contribution in [1.29, 1.82) is 0 Å². The van der Waals surface area contributed by atoms with Gasteiger partial charge in [-0.1, -0.05) is 27.2 Å². The highest BCUT2D eigenvalue weighted by atomic mass is 32.1. The maximum absolute atomic E-state index is 12.4. The van der Waals surface area contributed by atoms with E-state index in [0.717, 1.165) is 31.2 Å². The van der Waals surface area contributed by atoms with Gasteiger partial charge in [-0.25, -0.2) is 4.79 Å². The van der Waals surface area contributed by atoms with Crippen LogP contribution in [0.25, 0.3) is 0 Å². The fourth-order valence-corrected chi connectivity index (χ4v) is 3.81. The van der Waals surface area contributed by atoms with E-state index >= 15 is 0 Å². The Morgan fingerprint density at radius 2 is 1.86 bits per heavy atom. The topological polar surface area (TPSA) is 55.4 Å². The third-order valence-corrected chi connectivity index (χ3v) is 5.02. The number of hydrogen-bond acceptors (Lipinski definition) is 4. The lowest BCUT2D eigenvalue weighted by Gasteiger charge is -2.17. The Balaban J connectivity index is 2.40. The van der Waals surface area contributed by atoms with Gasteiger partial charge in [-0.3, -0.25) is 4.79 Å². The number of carbonyl (C=O) groups excluding carboxylic acids is 2. The Morgan fingerprint density at radius 1 is 1.18 bits per heavy atom. The Kier molecular flexibility index (Phi) is 5.27. The molecule has 1 N–H and O–H groups in total. The molecule has 0 saturated heterocycles. The number of thiophene rings is 1. The first-order valence-electron chi connectivity index (χ1n) is 7.97. The van der Waals surface area contributed by atoms with Gasteiger partial charge in [0.05, 0.1) is 12.2 Å². The highest BCUT2D eigenvalue weighted by Gasteiger charge is 2.29. The van der Waals surface area contributed by atoms with Crippen molar-refractivity contribution in [1.82, 2.24) is 0 Å². The molecule has 1 aliphatic rings. The van der Waals surface area contributed by atoms with Crippen LogP contribution in [0.1, 0.15) is 67.8 Å². The molecule has 1 heterocycles. The number of carbonyl (C=O) groups is 2. The van der Waals surface area contributed by atoms with Gasteiger partial charge in [0.2, 0.25) is 5.91 Å². The van der Waals surface area contributed by atoms with Crippen molar-refractivity contribution in [2.75, 3.05) is 11.9 Å². The number of hydrogen-bond donors (Lipinski definition) is 1. The molecule has 0 aliphatic heterocycles. The van der Waals surface area contributed by atoms with Gasteiger partial charge in [0.25, 0.3) is 0 Å². The Labute approximate surface area is 136 Å². The Morgan fingerprint density at radius 3 is 2.50 bits per heavy atom. The third kappa shape index (κ3) is 3.69. The van der Waals surface area contributed by atoms with E-state index in [-0.39, 0.29) is 11.9 Å². The molecule has 22 heavy (non-hydrogen) atoms. The lowest BCUT2D eigenvalue weighted by Crippen LogP contribution is -2.28. The predicted molar refractivity (Wildman–Crippen MR) is 89.6 cm³/mol. The number of fused-ring (bicyclic) bond motifs is 1. The number of ether oxygens (including phenoxy) is 1. The molecule has 0 atom stereocenters. The maximum atomic E-state index is 12.4. The molecule has 0 unspecified atom stereocenters. The van der Waals surface area contributed by atoms with Crippen molar-refractivity contribution in [2.24, 2.45) is 5.41 Å². The fraction of sp³-hybridized carbons (Fsp3) is 0.647. The standard InChI is InChI=1S/C17H25NO3S/c1-5-21-15(19)13-11-9-7-6-8-10-12(11)22-14(13)18-16(20)17(2,3)4/h5-10H2,1-4H3,(H,18,20). The van der Waals surface area contributed by atoms with Crippen LogP contribution in [0, 0.1) is 5.41 Å². The minimum Gasteiger partial charge on any atom is -0.462 e. The first kappa shape index (κ1) is 17.0. The molecule has 1 aliphatic carbocycles. The van der Waals surface area contributed by atoms with Crippen molar-refractivity contribution in [2.45, 2.75) is 59.8 Å². The second kappa shape index (κ2) is 6.82. The van der Waals surface area contributed by atoms with Gasteiger partial charge in [0.1, 0.15) is 5.00 Å². The highest BCUT2D eigenvalue weighted by molar-refractivity contribution is 7.17. The van der Waals surface area contributed by atoms with Crippen molar-refractivity contribution in [3.63, 3.8) is 0 Å². The Bertz CT molecular complexity index is 569. The minimum absolute atomic E-state index is 0.0746. The van der Waals surface area contributed by atoms with Gasteiger partial charge in [-0.15, -0.1) is 11.3 Å². The molecular formula is C17H25NO3S. The molecular weight excluding hydrogens is 298 g/mol. The molecule has 1 amide bonds. The molecule has 122 valence electrons. The summed E-state index contributed by atoms with van der Waals surface area (Å²) in [4.78, 5) is 25.9. The normalized spacial score (nSPS) is 14.9. The van der Waals surface area contributed by atoms with E-state index in [0.29, 0.717) is 17.2 Å². The largest absolute Gasteiger partial charge is 0.462 e. The van der Waals surface area contributed by atoms with Crippen LogP contribution in [0.3, 0.4) is 0 Å². The summed E-state index contributed by atoms with van der Waals surface area (Å²) in [6.45, 7) is 7.74. The average Bonchev–Trinajstić information content (AvgIpc) is 2.60. The van der Waals surface area contributed by atoms with Crippen LogP contribution < -0.4 is 5.32 Å². The number of amides is 1. The van der Waals surface area contributed by atoms with Gasteiger partial charge in [-0.2, -0.15) is 0 Å². The molecule has 2 rings (SSSR count). The molecule has 1 aromatic rings. The van der Waals surface area contributed by atoms with Gasteiger partial charge < -0.3 is 10.1 Å². The second-order valence-corrected chi connectivity index (χ2v) is 7.80. The zero-order valence-electron chi connectivity index (χ0n) is 13.9. The number of nitrogens with one attached hydrogen (secondary N) is 1. The first-order chi connectivity index (χ1) is 10.3. The van der Waals surface area contributed by atoms with E-state index in [9.17, 15) is 9.59 Å². The maximum Gasteiger partial charge on any atom is 0.341 e. The molecule has 0 fully saturated rings. The summed E-state index contributed by atoms with van der Waals surface area (Å²) < 4.78 is 5.22. The molecule has 4 nitrogen and oxygen atoms in total. The van der Waals surface area contributed by atoms with E-state index in [1.807, 2.05) is 20.8 Å². The SMILES string of the molecule is CCOC(=O)c1c(NC(=O)C(C)(C)C)sc2c1CCCCC2. The van der Waals surface area contributed by atoms with Gasteiger partial charge >= 0.3 is 5.97 Å². The highest BCUT2D eigenvalue weighted by Crippen LogP contribution is 2.38. The number of rotatable bonds is 3. The smallest absolute Gasteiger partial charge is 0.341 e. The summed E-state index contributed by atoms with van der Waals surface area (Å²) in [5, 5.41) is 3.60. The zero-order chi connectivity index (χ0) is 16.3. The van der Waals surface area contributed by atoms with E-state index in [2.05, 4.69) is 5.32 Å². The van der Waals surface area contributed by atoms with Crippen LogP contribution in [0.4, 0.5) is 5.00 Å². The molecule has 0 saturated carbocycles. The number of esters is 1. The molecule has 0 bridgehead atoms. The zero-order valence-corrected chi connectivity index (χ0v) is 14.7. The van der Waals surface area contributed by atoms with Crippen LogP contribution >= 0.6 is 11.3 Å². The van der Waals surface area contributed by atoms with Crippen LogP contribution in [-0.2, 0) is 22.4 Å². The summed E-state index contributed by atoms with van der Waals surface area (Å²) >= 11 is 1.54.